The molecule has 6 nitrogen and oxygen atoms in total. The number of hydrogen-bond donors (Lipinski definition) is 0. The molecular weight excluding hydrogens is 308 g/mol. The maximum absolute atomic E-state index is 12.4. The van der Waals surface area contributed by atoms with Gasteiger partial charge in [0.15, 0.2) is 11.5 Å². The largest absolute Gasteiger partial charge is 0.454 e. The SMILES string of the molecule is CC(Cc1ccc2c(c1)OCO2)N(C)C(=O)OC1CCN(C)CC1. The van der Waals surface area contributed by atoms with E-state index in [4.69, 9.17) is 14.2 Å². The van der Waals surface area contributed by atoms with Crippen molar-refractivity contribution in [2.45, 2.75) is 38.3 Å². The van der Waals surface area contributed by atoms with E-state index >= 15 is 0 Å². The second-order valence-corrected chi connectivity index (χ2v) is 6.74. The fraction of sp³-hybridized carbons (Fsp3) is 0.611. The highest BCUT2D eigenvalue weighted by atomic mass is 16.7. The molecular formula is C18H26N2O4. The summed E-state index contributed by atoms with van der Waals surface area (Å²) in [5.41, 5.74) is 1.12. The third-order valence-electron chi connectivity index (χ3n) is 4.85. The number of rotatable bonds is 4. The first-order valence-corrected chi connectivity index (χ1v) is 8.53. The number of hydrogen-bond acceptors (Lipinski definition) is 5. The fourth-order valence-electron chi connectivity index (χ4n) is 3.05. The Morgan fingerprint density at radius 3 is 2.79 bits per heavy atom. The molecule has 0 spiro atoms. The Labute approximate surface area is 143 Å². The topological polar surface area (TPSA) is 51.2 Å². The summed E-state index contributed by atoms with van der Waals surface area (Å²) in [6.45, 7) is 4.26. The molecule has 1 atom stereocenters. The Bertz CT molecular complexity index is 584. The number of benzene rings is 1. The van der Waals surface area contributed by atoms with Gasteiger partial charge in [-0.1, -0.05) is 6.07 Å². The van der Waals surface area contributed by atoms with Gasteiger partial charge in [-0.15, -0.1) is 0 Å². The van der Waals surface area contributed by atoms with Gasteiger partial charge in [-0.3, -0.25) is 0 Å². The number of likely N-dealkylation sites (N-methyl/N-ethyl adjacent to an activating group) is 1. The van der Waals surface area contributed by atoms with Gasteiger partial charge in [0.25, 0.3) is 0 Å². The normalized spacial score (nSPS) is 19.1. The van der Waals surface area contributed by atoms with Crippen LogP contribution in [0.4, 0.5) is 4.79 Å². The van der Waals surface area contributed by atoms with Crippen molar-refractivity contribution >= 4 is 6.09 Å². The molecule has 0 aliphatic carbocycles. The highest BCUT2D eigenvalue weighted by Crippen LogP contribution is 2.33. The Morgan fingerprint density at radius 1 is 1.33 bits per heavy atom. The van der Waals surface area contributed by atoms with Crippen LogP contribution in [0.1, 0.15) is 25.3 Å². The molecule has 2 heterocycles. The van der Waals surface area contributed by atoms with E-state index in [0.717, 1.165) is 49.4 Å². The molecule has 24 heavy (non-hydrogen) atoms. The van der Waals surface area contributed by atoms with E-state index in [0.29, 0.717) is 0 Å². The third-order valence-corrected chi connectivity index (χ3v) is 4.85. The molecule has 132 valence electrons. The van der Waals surface area contributed by atoms with Crippen LogP contribution in [0.2, 0.25) is 0 Å². The molecule has 2 aliphatic rings. The lowest BCUT2D eigenvalue weighted by atomic mass is 10.1. The van der Waals surface area contributed by atoms with Crippen molar-refractivity contribution in [3.8, 4) is 11.5 Å². The minimum absolute atomic E-state index is 0.0360. The second kappa shape index (κ2) is 7.30. The average molecular weight is 334 g/mol. The van der Waals surface area contributed by atoms with Crippen LogP contribution in [-0.4, -0.2) is 62.0 Å². The van der Waals surface area contributed by atoms with Gasteiger partial charge < -0.3 is 24.0 Å². The zero-order valence-corrected chi connectivity index (χ0v) is 14.7. The lowest BCUT2D eigenvalue weighted by Crippen LogP contribution is -2.41. The first kappa shape index (κ1) is 16.9. The van der Waals surface area contributed by atoms with Crippen molar-refractivity contribution in [3.63, 3.8) is 0 Å². The van der Waals surface area contributed by atoms with Crippen LogP contribution >= 0.6 is 0 Å². The molecule has 0 aromatic heterocycles. The number of likely N-dealkylation sites (tertiary alicyclic amines) is 1. The van der Waals surface area contributed by atoms with E-state index in [2.05, 4.69) is 11.9 Å². The van der Waals surface area contributed by atoms with Crippen molar-refractivity contribution < 1.29 is 19.0 Å². The highest BCUT2D eigenvalue weighted by molar-refractivity contribution is 5.68. The summed E-state index contributed by atoms with van der Waals surface area (Å²) < 4.78 is 16.4. The Balaban J connectivity index is 1.52. The van der Waals surface area contributed by atoms with E-state index in [1.807, 2.05) is 25.1 Å². The van der Waals surface area contributed by atoms with Gasteiger partial charge in [0, 0.05) is 26.2 Å². The Hall–Kier alpha value is -1.95. The molecule has 1 amide bonds. The standard InChI is InChI=1S/C18H26N2O4/c1-13(10-14-4-5-16-17(11-14)23-12-22-16)20(3)18(21)24-15-6-8-19(2)9-7-15/h4-5,11,13,15H,6-10,12H2,1-3H3. The maximum Gasteiger partial charge on any atom is 0.410 e. The van der Waals surface area contributed by atoms with E-state index in [1.165, 1.54) is 0 Å². The van der Waals surface area contributed by atoms with E-state index in [1.54, 1.807) is 11.9 Å². The van der Waals surface area contributed by atoms with Gasteiger partial charge in [0.2, 0.25) is 6.79 Å². The van der Waals surface area contributed by atoms with Gasteiger partial charge in [-0.05, 0) is 50.9 Å². The summed E-state index contributed by atoms with van der Waals surface area (Å²) in [6, 6.07) is 5.96. The molecule has 1 aromatic carbocycles. The molecule has 1 fully saturated rings. The van der Waals surface area contributed by atoms with Gasteiger partial charge >= 0.3 is 6.09 Å². The first-order valence-electron chi connectivity index (χ1n) is 8.53. The Morgan fingerprint density at radius 2 is 2.04 bits per heavy atom. The zero-order chi connectivity index (χ0) is 17.1. The number of nitrogens with zero attached hydrogens (tertiary/aromatic N) is 2. The van der Waals surface area contributed by atoms with Crippen LogP contribution in [0.3, 0.4) is 0 Å². The minimum Gasteiger partial charge on any atom is -0.454 e. The lowest BCUT2D eigenvalue weighted by molar-refractivity contribution is 0.0316. The van der Waals surface area contributed by atoms with Gasteiger partial charge in [-0.2, -0.15) is 0 Å². The van der Waals surface area contributed by atoms with Crippen LogP contribution in [0.5, 0.6) is 11.5 Å². The summed E-state index contributed by atoms with van der Waals surface area (Å²) >= 11 is 0. The van der Waals surface area contributed by atoms with Crippen molar-refractivity contribution in [1.82, 2.24) is 9.80 Å². The molecule has 3 rings (SSSR count). The van der Waals surface area contributed by atoms with E-state index in [-0.39, 0.29) is 25.0 Å². The van der Waals surface area contributed by atoms with Crippen molar-refractivity contribution in [3.05, 3.63) is 23.8 Å². The summed E-state index contributed by atoms with van der Waals surface area (Å²) in [4.78, 5) is 16.3. The third kappa shape index (κ3) is 3.93. The molecule has 6 heteroatoms. The highest BCUT2D eigenvalue weighted by Gasteiger charge is 2.24. The van der Waals surface area contributed by atoms with Crippen LogP contribution in [0.25, 0.3) is 0 Å². The summed E-state index contributed by atoms with van der Waals surface area (Å²) in [6.07, 6.45) is 2.36. The molecule has 1 unspecified atom stereocenters. The molecule has 2 aliphatic heterocycles. The van der Waals surface area contributed by atoms with Crippen molar-refractivity contribution in [2.75, 3.05) is 34.0 Å². The van der Waals surface area contributed by atoms with Gasteiger partial charge in [0.1, 0.15) is 6.10 Å². The summed E-state index contributed by atoms with van der Waals surface area (Å²) in [7, 11) is 3.90. The fourth-order valence-corrected chi connectivity index (χ4v) is 3.05. The number of piperidine rings is 1. The number of ether oxygens (including phenoxy) is 3. The summed E-state index contributed by atoms with van der Waals surface area (Å²) in [5.74, 6) is 1.55. The Kier molecular flexibility index (Phi) is 5.14. The van der Waals surface area contributed by atoms with E-state index < -0.39 is 0 Å². The lowest BCUT2D eigenvalue weighted by Gasteiger charge is -2.31. The monoisotopic (exact) mass is 334 g/mol. The second-order valence-electron chi connectivity index (χ2n) is 6.74. The van der Waals surface area contributed by atoms with Gasteiger partial charge in [0.05, 0.1) is 0 Å². The first-order chi connectivity index (χ1) is 11.5. The number of amides is 1. The van der Waals surface area contributed by atoms with E-state index in [9.17, 15) is 4.79 Å². The van der Waals surface area contributed by atoms with Crippen LogP contribution < -0.4 is 9.47 Å². The number of carbonyl (C=O) groups excluding carboxylic acids is 1. The van der Waals surface area contributed by atoms with Crippen LogP contribution in [0.15, 0.2) is 18.2 Å². The van der Waals surface area contributed by atoms with Crippen molar-refractivity contribution in [1.29, 1.82) is 0 Å². The average Bonchev–Trinajstić information content (AvgIpc) is 3.03. The molecule has 0 saturated carbocycles. The van der Waals surface area contributed by atoms with Crippen LogP contribution in [0, 0.1) is 0 Å². The smallest absolute Gasteiger partial charge is 0.410 e. The number of carbonyl (C=O) groups is 1. The molecule has 1 aromatic rings. The molecule has 0 bridgehead atoms. The quantitative estimate of drug-likeness (QED) is 0.847. The predicted octanol–water partition coefficient (Wildman–Crippen LogP) is 2.51. The predicted molar refractivity (Wildman–Crippen MR) is 90.5 cm³/mol. The zero-order valence-electron chi connectivity index (χ0n) is 14.7. The summed E-state index contributed by atoms with van der Waals surface area (Å²) in [5, 5.41) is 0. The minimum atomic E-state index is -0.238. The maximum atomic E-state index is 12.4. The van der Waals surface area contributed by atoms with Crippen LogP contribution in [-0.2, 0) is 11.2 Å². The number of fused-ring (bicyclic) bond motifs is 1. The molecule has 0 radical (unpaired) electrons. The molecule has 0 N–H and O–H groups in total. The van der Waals surface area contributed by atoms with Crippen molar-refractivity contribution in [2.24, 2.45) is 0 Å². The van der Waals surface area contributed by atoms with Gasteiger partial charge in [-0.25, -0.2) is 4.79 Å². The molecule has 1 saturated heterocycles.